The van der Waals surface area contributed by atoms with E-state index in [4.69, 9.17) is 0 Å². The Kier molecular flexibility index (Phi) is 10.1. The normalized spacial score (nSPS) is 16.2. The van der Waals surface area contributed by atoms with Gasteiger partial charge in [0.25, 0.3) is 0 Å². The molecule has 4 nitrogen and oxygen atoms in total. The van der Waals surface area contributed by atoms with Crippen molar-refractivity contribution in [3.05, 3.63) is 0 Å². The quantitative estimate of drug-likeness (QED) is 0.381. The molecule has 0 aromatic carbocycles. The Balaban J connectivity index is -0.000000295. The van der Waals surface area contributed by atoms with E-state index in [1.54, 1.807) is 0 Å². The molecule has 0 aromatic rings. The number of hydrogen-bond acceptors (Lipinski definition) is 4. The standard InChI is InChI=1S/2C2HF5O2S.Zn/c2*3-1(4,5)2(6,7)10(8)9;/h2*(H,8,9);/q;;+2/p-2. The third kappa shape index (κ3) is 7.30. The molecule has 124 valence electrons. The van der Waals surface area contributed by atoms with Crippen molar-refractivity contribution in [3.63, 3.8) is 0 Å². The van der Waals surface area contributed by atoms with Crippen LogP contribution in [0.4, 0.5) is 43.9 Å². The summed E-state index contributed by atoms with van der Waals surface area (Å²) in [6.45, 7) is 0. The number of hydrogen-bond donors (Lipinski definition) is 0. The van der Waals surface area contributed by atoms with Crippen LogP contribution < -0.4 is 0 Å². The van der Waals surface area contributed by atoms with Crippen LogP contribution in [-0.2, 0) is 41.6 Å². The van der Waals surface area contributed by atoms with Crippen molar-refractivity contribution in [2.24, 2.45) is 0 Å². The first-order chi connectivity index (χ1) is 8.39. The van der Waals surface area contributed by atoms with Gasteiger partial charge in [0.05, 0.1) is 0 Å². The summed E-state index contributed by atoms with van der Waals surface area (Å²) in [5.41, 5.74) is 0. The van der Waals surface area contributed by atoms with Gasteiger partial charge in [0, 0.05) is 22.2 Å². The molecule has 0 aliphatic rings. The summed E-state index contributed by atoms with van der Waals surface area (Å²) < 4.78 is 148. The Bertz CT molecular complexity index is 342. The predicted octanol–water partition coefficient (Wildman–Crippen LogP) is 2.04. The molecule has 2 unspecified atom stereocenters. The van der Waals surface area contributed by atoms with Crippen molar-refractivity contribution in [2.45, 2.75) is 22.9 Å². The van der Waals surface area contributed by atoms with Crippen molar-refractivity contribution < 1.29 is 80.9 Å². The molecule has 0 saturated heterocycles. The molecule has 0 radical (unpaired) electrons. The van der Waals surface area contributed by atoms with Crippen molar-refractivity contribution in [3.8, 4) is 0 Å². The van der Waals surface area contributed by atoms with Crippen molar-refractivity contribution in [1.29, 1.82) is 0 Å². The van der Waals surface area contributed by atoms with Crippen molar-refractivity contribution >= 4 is 22.2 Å². The molecule has 0 rings (SSSR count). The van der Waals surface area contributed by atoms with E-state index in [9.17, 15) is 61.4 Å². The van der Waals surface area contributed by atoms with E-state index in [0.29, 0.717) is 0 Å². The minimum atomic E-state index is -6.03. The maximum absolute atomic E-state index is 11.3. The fourth-order valence-electron chi connectivity index (χ4n) is 0.189. The zero-order chi connectivity index (χ0) is 17.2. The van der Waals surface area contributed by atoms with Gasteiger partial charge in [-0.3, -0.25) is 8.42 Å². The summed E-state index contributed by atoms with van der Waals surface area (Å²) in [6, 6.07) is 0. The van der Waals surface area contributed by atoms with Gasteiger partial charge in [0.15, 0.2) is 0 Å². The van der Waals surface area contributed by atoms with Crippen molar-refractivity contribution in [1.82, 2.24) is 0 Å². The SMILES string of the molecule is O=S([O-])C(F)(F)C(F)(F)F.O=S([O-])C(F)(F)C(F)(F)F.[Zn+2]. The Morgan fingerprint density at radius 1 is 0.571 bits per heavy atom. The van der Waals surface area contributed by atoms with Gasteiger partial charge >= 0.3 is 42.3 Å². The second-order valence-corrected chi connectivity index (χ2v) is 4.46. The fourth-order valence-corrected chi connectivity index (χ4v) is 0.567. The topological polar surface area (TPSA) is 80.3 Å². The summed E-state index contributed by atoms with van der Waals surface area (Å²) in [6.07, 6.45) is -12.1. The molecule has 0 N–H and O–H groups in total. The van der Waals surface area contributed by atoms with Crippen LogP contribution in [0.2, 0.25) is 0 Å². The smallest absolute Gasteiger partial charge is 0.768 e. The molecule has 0 aliphatic carbocycles. The van der Waals surface area contributed by atoms with Crippen LogP contribution in [0.15, 0.2) is 0 Å². The van der Waals surface area contributed by atoms with E-state index in [1.165, 1.54) is 0 Å². The molecule has 0 aliphatic heterocycles. The summed E-state index contributed by atoms with van der Waals surface area (Å²) in [7, 11) is 0. The van der Waals surface area contributed by atoms with E-state index >= 15 is 0 Å². The first-order valence-electron chi connectivity index (χ1n) is 3.46. The Hall–Kier alpha value is 0.143. The minimum Gasteiger partial charge on any atom is -0.768 e. The molecule has 0 heterocycles. The van der Waals surface area contributed by atoms with Gasteiger partial charge in [-0.2, -0.15) is 43.9 Å². The van der Waals surface area contributed by atoms with E-state index in [1.807, 2.05) is 0 Å². The van der Waals surface area contributed by atoms with Crippen LogP contribution in [0.3, 0.4) is 0 Å². The van der Waals surface area contributed by atoms with Crippen LogP contribution in [0, 0.1) is 0 Å². The molecule has 0 amide bonds. The van der Waals surface area contributed by atoms with Gasteiger partial charge in [0.1, 0.15) is 0 Å². The third-order valence-electron chi connectivity index (χ3n) is 1.08. The second kappa shape index (κ2) is 8.12. The first-order valence-corrected chi connectivity index (χ1v) is 5.61. The average Bonchev–Trinajstić information content (AvgIpc) is 2.14. The van der Waals surface area contributed by atoms with Crippen LogP contribution in [0.5, 0.6) is 0 Å². The Morgan fingerprint density at radius 3 is 0.714 bits per heavy atom. The van der Waals surface area contributed by atoms with Crippen LogP contribution in [0.25, 0.3) is 0 Å². The van der Waals surface area contributed by atoms with Crippen LogP contribution in [-0.4, -0.2) is 40.4 Å². The van der Waals surface area contributed by atoms with E-state index in [-0.39, 0.29) is 19.5 Å². The zero-order valence-electron chi connectivity index (χ0n) is 8.94. The van der Waals surface area contributed by atoms with Gasteiger partial charge in [0.2, 0.25) is 0 Å². The molecule has 2 atom stereocenters. The largest absolute Gasteiger partial charge is 2.00 e. The molecule has 0 aromatic heterocycles. The van der Waals surface area contributed by atoms with E-state index in [2.05, 4.69) is 0 Å². The van der Waals surface area contributed by atoms with Gasteiger partial charge in [-0.25, -0.2) is 0 Å². The summed E-state index contributed by atoms with van der Waals surface area (Å²) in [4.78, 5) is 0. The summed E-state index contributed by atoms with van der Waals surface area (Å²) in [5.74, 6) is 0. The minimum absolute atomic E-state index is 0. The third-order valence-corrected chi connectivity index (χ3v) is 2.38. The van der Waals surface area contributed by atoms with E-state index < -0.39 is 45.0 Å². The Morgan fingerprint density at radius 2 is 0.714 bits per heavy atom. The van der Waals surface area contributed by atoms with Gasteiger partial charge in [-0.15, -0.1) is 0 Å². The van der Waals surface area contributed by atoms with Crippen LogP contribution >= 0.6 is 0 Å². The fraction of sp³-hybridized carbons (Fsp3) is 1.00. The van der Waals surface area contributed by atoms with Gasteiger partial charge < -0.3 is 9.11 Å². The first kappa shape index (κ1) is 26.1. The maximum Gasteiger partial charge on any atom is 2.00 e. The molecule has 0 fully saturated rings. The summed E-state index contributed by atoms with van der Waals surface area (Å²) >= 11 is -8.91. The number of rotatable bonds is 2. The monoisotopic (exact) mass is 430 g/mol. The molecule has 0 saturated carbocycles. The predicted molar refractivity (Wildman–Crippen MR) is 39.8 cm³/mol. The average molecular weight is 432 g/mol. The molecular weight excluding hydrogens is 432 g/mol. The number of halogens is 10. The van der Waals surface area contributed by atoms with Crippen LogP contribution in [0.1, 0.15) is 0 Å². The number of alkyl halides is 10. The molecule has 21 heavy (non-hydrogen) atoms. The van der Waals surface area contributed by atoms with Gasteiger partial charge in [-0.05, 0) is 0 Å². The molecule has 0 bridgehead atoms. The van der Waals surface area contributed by atoms with Crippen molar-refractivity contribution in [2.75, 3.05) is 0 Å². The molecule has 17 heteroatoms. The van der Waals surface area contributed by atoms with Gasteiger partial charge in [-0.1, -0.05) is 0 Å². The zero-order valence-corrected chi connectivity index (χ0v) is 13.5. The summed E-state index contributed by atoms with van der Waals surface area (Å²) in [5, 5.41) is -11.3. The Labute approximate surface area is 126 Å². The molecular formula is C4F10O4S2Zn. The second-order valence-electron chi connectivity index (χ2n) is 2.50. The maximum atomic E-state index is 11.3. The molecule has 0 spiro atoms. The van der Waals surface area contributed by atoms with E-state index in [0.717, 1.165) is 0 Å².